The summed E-state index contributed by atoms with van der Waals surface area (Å²) in [7, 11) is -11.4. The topological polar surface area (TPSA) is 43.4 Å². The quantitative estimate of drug-likeness (QED) is 0.439. The van der Waals surface area contributed by atoms with Crippen molar-refractivity contribution >= 4 is 38.1 Å². The van der Waals surface area contributed by atoms with Crippen LogP contribution in [-0.2, 0) is 13.7 Å². The molecule has 1 aliphatic heterocycles. The highest BCUT2D eigenvalue weighted by molar-refractivity contribution is 8.37. The summed E-state index contributed by atoms with van der Waals surface area (Å²) in [6.07, 6.45) is 0.863. The minimum atomic E-state index is -6.48. The molecule has 142 valence electrons. The first-order valence-corrected chi connectivity index (χ1v) is 10.0. The molecule has 25 heavy (non-hydrogen) atoms. The minimum absolute atomic E-state index is 0.0573. The maximum Gasteiger partial charge on any atom is 0.523 e. The normalized spacial score (nSPS) is 23.8. The van der Waals surface area contributed by atoms with E-state index in [1.807, 2.05) is 0 Å². The fourth-order valence-electron chi connectivity index (χ4n) is 2.32. The van der Waals surface area contributed by atoms with E-state index in [9.17, 15) is 34.8 Å². The molecule has 0 radical (unpaired) electrons. The van der Waals surface area contributed by atoms with Crippen LogP contribution in [0.3, 0.4) is 0 Å². The first-order chi connectivity index (χ1) is 11.3. The van der Waals surface area contributed by atoms with E-state index in [4.69, 9.17) is 11.6 Å². The maximum absolute atomic E-state index is 13.9. The Kier molecular flexibility index (Phi) is 5.19. The van der Waals surface area contributed by atoms with Crippen LogP contribution in [0.2, 0.25) is 5.02 Å². The van der Waals surface area contributed by atoms with E-state index in [2.05, 4.69) is 3.63 Å². The van der Waals surface area contributed by atoms with Crippen LogP contribution in [0.1, 0.15) is 25.3 Å². The summed E-state index contributed by atoms with van der Waals surface area (Å²) >= 11 is 5.72. The summed E-state index contributed by atoms with van der Waals surface area (Å²) in [5, 5.41) is 0.0573. The van der Waals surface area contributed by atoms with Gasteiger partial charge in [-0.25, -0.2) is 0 Å². The van der Waals surface area contributed by atoms with E-state index in [0.29, 0.717) is 0 Å². The molecule has 0 bridgehead atoms. The van der Waals surface area contributed by atoms with E-state index < -0.39 is 41.2 Å². The third-order valence-corrected chi connectivity index (χ3v) is 8.30. The van der Waals surface area contributed by atoms with Gasteiger partial charge in [0, 0.05) is 25.1 Å². The largest absolute Gasteiger partial charge is 0.523 e. The Morgan fingerprint density at radius 1 is 1.16 bits per heavy atom. The molecular formula is C13H11ClF6O3S2. The smallest absolute Gasteiger partial charge is 0.196 e. The predicted molar refractivity (Wildman–Crippen MR) is 82.3 cm³/mol. The van der Waals surface area contributed by atoms with Crippen molar-refractivity contribution in [1.82, 2.24) is 0 Å². The van der Waals surface area contributed by atoms with E-state index in [-0.39, 0.29) is 23.4 Å². The molecule has 1 heterocycles. The van der Waals surface area contributed by atoms with Crippen molar-refractivity contribution in [1.29, 1.82) is 0 Å². The van der Waals surface area contributed by atoms with E-state index in [0.717, 1.165) is 24.3 Å². The number of benzene rings is 1. The van der Waals surface area contributed by atoms with E-state index in [1.165, 1.54) is 6.92 Å². The molecular weight excluding hydrogens is 418 g/mol. The number of hydrogen-bond donors (Lipinski definition) is 0. The molecule has 3 nitrogen and oxygen atoms in total. The van der Waals surface area contributed by atoms with Gasteiger partial charge in [0.1, 0.15) is 0 Å². The average Bonchev–Trinajstić information content (AvgIpc) is 2.71. The highest BCUT2D eigenvalue weighted by Crippen LogP contribution is 2.78. The molecule has 0 spiro atoms. The summed E-state index contributed by atoms with van der Waals surface area (Å²) in [6.45, 7) is 1.51. The lowest BCUT2D eigenvalue weighted by Crippen LogP contribution is -2.32. The van der Waals surface area contributed by atoms with Crippen molar-refractivity contribution in [2.45, 2.75) is 35.7 Å². The zero-order chi connectivity index (χ0) is 19.3. The molecule has 1 atom stereocenters. The lowest BCUT2D eigenvalue weighted by atomic mass is 10.2. The van der Waals surface area contributed by atoms with Crippen molar-refractivity contribution < 1.29 is 38.4 Å². The van der Waals surface area contributed by atoms with Crippen molar-refractivity contribution in [2.24, 2.45) is 0 Å². The fraction of sp³-hybridized carbons (Fsp3) is 0.385. The van der Waals surface area contributed by atoms with Gasteiger partial charge in [0.25, 0.3) is 0 Å². The van der Waals surface area contributed by atoms with Gasteiger partial charge in [0.05, 0.1) is 0 Å². The first-order valence-electron chi connectivity index (χ1n) is 6.68. The number of hydrogen-bond acceptors (Lipinski definition) is 3. The maximum atomic E-state index is 13.9. The molecule has 0 aliphatic carbocycles. The van der Waals surface area contributed by atoms with E-state index >= 15 is 0 Å². The van der Waals surface area contributed by atoms with E-state index in [1.54, 1.807) is 0 Å². The van der Waals surface area contributed by atoms with Crippen LogP contribution in [0.25, 0.3) is 6.08 Å². The average molecular weight is 429 g/mol. The van der Waals surface area contributed by atoms with Crippen LogP contribution in [0, 0.1) is 0 Å². The minimum Gasteiger partial charge on any atom is -0.196 e. The SMILES string of the molecule is CCCC1=Cc2cc(Cl)ccc2S1(OS(=O)(=O)C(F)(F)F)C(F)(F)F. The van der Waals surface area contributed by atoms with Crippen LogP contribution < -0.4 is 0 Å². The van der Waals surface area contributed by atoms with Crippen molar-refractivity contribution in [3.8, 4) is 0 Å². The number of halogens is 7. The third kappa shape index (κ3) is 3.38. The van der Waals surface area contributed by atoms with Crippen LogP contribution in [0.5, 0.6) is 0 Å². The van der Waals surface area contributed by atoms with Gasteiger partial charge in [0.15, 0.2) is 0 Å². The summed E-state index contributed by atoms with van der Waals surface area (Å²) in [4.78, 5) is -1.21. The Morgan fingerprint density at radius 3 is 2.24 bits per heavy atom. The van der Waals surface area contributed by atoms with Gasteiger partial charge in [0.2, 0.25) is 0 Å². The Labute approximate surface area is 146 Å². The van der Waals surface area contributed by atoms with Gasteiger partial charge in [-0.1, -0.05) is 24.9 Å². The third-order valence-electron chi connectivity index (χ3n) is 3.26. The highest BCUT2D eigenvalue weighted by Gasteiger charge is 2.63. The zero-order valence-corrected chi connectivity index (χ0v) is 14.8. The number of fused-ring (bicyclic) bond motifs is 1. The Balaban J connectivity index is 2.78. The predicted octanol–water partition coefficient (Wildman–Crippen LogP) is 5.96. The molecule has 1 aromatic rings. The molecule has 0 amide bonds. The fourth-order valence-corrected chi connectivity index (χ4v) is 7.16. The van der Waals surface area contributed by atoms with Crippen LogP contribution in [0.15, 0.2) is 28.0 Å². The van der Waals surface area contributed by atoms with Crippen molar-refractivity contribution in [3.63, 3.8) is 0 Å². The molecule has 0 aromatic heterocycles. The molecule has 2 rings (SSSR count). The number of alkyl halides is 6. The van der Waals surface area contributed by atoms with Gasteiger partial charge in [-0.3, -0.25) is 0 Å². The number of rotatable bonds is 4. The Bertz CT molecular complexity index is 816. The van der Waals surface area contributed by atoms with Crippen LogP contribution in [0.4, 0.5) is 26.3 Å². The van der Waals surface area contributed by atoms with Crippen LogP contribution in [-0.4, -0.2) is 19.4 Å². The molecule has 1 unspecified atom stereocenters. The molecule has 12 heteroatoms. The molecule has 1 aliphatic rings. The standard InChI is InChI=1S/C13H11ClF6O3S2/c1-2-3-10-7-8-6-9(14)4-5-11(8)24(10,12(15,16)17)23-25(21,22)13(18,19)20/h4-7H,2-3H2,1H3. The van der Waals surface area contributed by atoms with Crippen molar-refractivity contribution in [2.75, 3.05) is 0 Å². The second kappa shape index (κ2) is 6.36. The van der Waals surface area contributed by atoms with Crippen LogP contribution >= 0.6 is 21.9 Å². The molecule has 0 N–H and O–H groups in total. The van der Waals surface area contributed by atoms with Gasteiger partial charge in [-0.15, -0.1) is 0 Å². The molecule has 0 fully saturated rings. The summed E-state index contributed by atoms with van der Waals surface area (Å²) in [5.41, 5.74) is -11.5. The number of allylic oxidation sites excluding steroid dienone is 1. The van der Waals surface area contributed by atoms with Crippen molar-refractivity contribution in [3.05, 3.63) is 33.7 Å². The van der Waals surface area contributed by atoms with Gasteiger partial charge in [-0.2, -0.15) is 38.4 Å². The second-order valence-electron chi connectivity index (χ2n) is 5.01. The lowest BCUT2D eigenvalue weighted by molar-refractivity contribution is -0.0546. The van der Waals surface area contributed by atoms with Gasteiger partial charge < -0.3 is 0 Å². The first kappa shape index (κ1) is 20.4. The summed E-state index contributed by atoms with van der Waals surface area (Å²) < 4.78 is 107. The second-order valence-corrected chi connectivity index (χ2v) is 9.90. The Morgan fingerprint density at radius 2 is 1.76 bits per heavy atom. The molecule has 0 saturated carbocycles. The molecule has 0 saturated heterocycles. The summed E-state index contributed by atoms with van der Waals surface area (Å²) in [6, 6.07) is 3.02. The molecule has 1 aromatic carbocycles. The zero-order valence-electron chi connectivity index (χ0n) is 12.4. The lowest BCUT2D eigenvalue weighted by Gasteiger charge is -2.39. The highest BCUT2D eigenvalue weighted by atomic mass is 35.5. The van der Waals surface area contributed by atoms with Gasteiger partial charge in [-0.05, 0) is 36.3 Å². The summed E-state index contributed by atoms with van der Waals surface area (Å²) in [5.74, 6) is 0. The van der Waals surface area contributed by atoms with Gasteiger partial charge >= 0.3 is 21.1 Å². The monoisotopic (exact) mass is 428 g/mol. The Hall–Kier alpha value is -0.910.